The van der Waals surface area contributed by atoms with Crippen molar-refractivity contribution in [2.75, 3.05) is 18.9 Å². The molecular weight excluding hydrogens is 447 g/mol. The number of hydrogen-bond acceptors (Lipinski definition) is 2. The predicted octanol–water partition coefficient (Wildman–Crippen LogP) is 2.89. The van der Waals surface area contributed by atoms with Gasteiger partial charge in [0.05, 0.1) is 6.54 Å². The number of benzene rings is 1. The molecule has 0 bridgehead atoms. The summed E-state index contributed by atoms with van der Waals surface area (Å²) in [6.07, 6.45) is 0. The zero-order valence-corrected chi connectivity index (χ0v) is 16.6. The van der Waals surface area contributed by atoms with Crippen LogP contribution in [0.3, 0.4) is 0 Å². The molecule has 0 unspecified atom stereocenters. The molecule has 1 rings (SSSR count). The van der Waals surface area contributed by atoms with Crippen LogP contribution >= 0.6 is 39.9 Å². The number of amides is 1. The van der Waals surface area contributed by atoms with E-state index in [0.717, 1.165) is 15.7 Å². The van der Waals surface area contributed by atoms with E-state index < -0.39 is 0 Å². The van der Waals surface area contributed by atoms with Gasteiger partial charge in [-0.3, -0.25) is 9.79 Å². The zero-order chi connectivity index (χ0) is 15.1. The summed E-state index contributed by atoms with van der Waals surface area (Å²) in [6, 6.07) is 6.04. The molecule has 0 aliphatic rings. The first-order valence-corrected chi connectivity index (χ1v) is 7.25. The Labute approximate surface area is 151 Å². The minimum absolute atomic E-state index is 0. The van der Waals surface area contributed by atoms with Crippen molar-refractivity contribution in [2.45, 2.75) is 26.8 Å². The normalized spacial score (nSPS) is 10.9. The van der Waals surface area contributed by atoms with E-state index in [0.29, 0.717) is 5.96 Å². The van der Waals surface area contributed by atoms with E-state index in [2.05, 4.69) is 36.9 Å². The highest BCUT2D eigenvalue weighted by molar-refractivity contribution is 14.0. The van der Waals surface area contributed by atoms with Crippen molar-refractivity contribution >= 4 is 57.5 Å². The first-order valence-electron chi connectivity index (χ1n) is 6.45. The third kappa shape index (κ3) is 7.66. The summed E-state index contributed by atoms with van der Waals surface area (Å²) < 4.78 is 0.934. The Hall–Kier alpha value is -0.830. The number of aliphatic imine (C=N–C) groups is 1. The molecular formula is C14H22BrIN4O. The van der Waals surface area contributed by atoms with Crippen molar-refractivity contribution in [3.05, 3.63) is 28.2 Å². The molecule has 0 aliphatic heterocycles. The van der Waals surface area contributed by atoms with E-state index >= 15 is 0 Å². The number of carbonyl (C=O) groups excluding carboxylic acids is 1. The van der Waals surface area contributed by atoms with E-state index in [-0.39, 0.29) is 42.5 Å². The molecule has 0 aromatic heterocycles. The van der Waals surface area contributed by atoms with Gasteiger partial charge in [0, 0.05) is 23.2 Å². The van der Waals surface area contributed by atoms with Gasteiger partial charge in [-0.2, -0.15) is 0 Å². The highest BCUT2D eigenvalue weighted by Gasteiger charge is 2.07. The Balaban J connectivity index is 0.00000400. The van der Waals surface area contributed by atoms with Crippen molar-refractivity contribution in [2.24, 2.45) is 4.99 Å². The van der Waals surface area contributed by atoms with Gasteiger partial charge < -0.3 is 16.0 Å². The molecule has 3 N–H and O–H groups in total. The molecule has 0 spiro atoms. The van der Waals surface area contributed by atoms with Crippen molar-refractivity contribution < 1.29 is 4.79 Å². The van der Waals surface area contributed by atoms with Crippen LogP contribution in [0.1, 0.15) is 19.4 Å². The fourth-order valence-corrected chi connectivity index (χ4v) is 1.92. The van der Waals surface area contributed by atoms with Crippen LogP contribution in [-0.2, 0) is 4.79 Å². The van der Waals surface area contributed by atoms with Crippen molar-refractivity contribution in [3.63, 3.8) is 0 Å². The molecule has 0 atom stereocenters. The SMILES string of the molecule is CN=C(NCC(=O)Nc1cc(Br)ccc1C)NC(C)C.I. The topological polar surface area (TPSA) is 65.5 Å². The maximum absolute atomic E-state index is 11.9. The summed E-state index contributed by atoms with van der Waals surface area (Å²) in [5.74, 6) is 0.499. The average Bonchev–Trinajstić information content (AvgIpc) is 2.38. The van der Waals surface area contributed by atoms with Crippen molar-refractivity contribution in [1.29, 1.82) is 0 Å². The molecule has 5 nitrogen and oxygen atoms in total. The van der Waals surface area contributed by atoms with E-state index in [1.54, 1.807) is 7.05 Å². The minimum Gasteiger partial charge on any atom is -0.354 e. The van der Waals surface area contributed by atoms with Crippen LogP contribution in [0.2, 0.25) is 0 Å². The number of guanidine groups is 1. The third-order valence-electron chi connectivity index (χ3n) is 2.54. The number of halogens is 2. The molecule has 0 radical (unpaired) electrons. The lowest BCUT2D eigenvalue weighted by Crippen LogP contribution is -2.44. The molecule has 118 valence electrons. The summed E-state index contributed by atoms with van der Waals surface area (Å²) in [5, 5.41) is 8.96. The lowest BCUT2D eigenvalue weighted by molar-refractivity contribution is -0.115. The van der Waals surface area contributed by atoms with Gasteiger partial charge in [0.2, 0.25) is 5.91 Å². The number of carbonyl (C=O) groups is 1. The highest BCUT2D eigenvalue weighted by Crippen LogP contribution is 2.20. The fourth-order valence-electron chi connectivity index (χ4n) is 1.56. The summed E-state index contributed by atoms with van der Waals surface area (Å²) in [5.41, 5.74) is 1.82. The Morgan fingerprint density at radius 3 is 2.62 bits per heavy atom. The Morgan fingerprint density at radius 2 is 2.05 bits per heavy atom. The zero-order valence-electron chi connectivity index (χ0n) is 12.7. The number of hydrogen-bond donors (Lipinski definition) is 3. The summed E-state index contributed by atoms with van der Waals surface area (Å²) in [4.78, 5) is 16.0. The van der Waals surface area contributed by atoms with Gasteiger partial charge in [-0.05, 0) is 38.5 Å². The maximum Gasteiger partial charge on any atom is 0.243 e. The lowest BCUT2D eigenvalue weighted by Gasteiger charge is -2.14. The second-order valence-corrected chi connectivity index (χ2v) is 5.65. The number of nitrogens with one attached hydrogen (secondary N) is 3. The van der Waals surface area contributed by atoms with Gasteiger partial charge in [-0.1, -0.05) is 22.0 Å². The number of nitrogens with zero attached hydrogens (tertiary/aromatic N) is 1. The van der Waals surface area contributed by atoms with Gasteiger partial charge in [-0.25, -0.2) is 0 Å². The van der Waals surface area contributed by atoms with Gasteiger partial charge in [-0.15, -0.1) is 24.0 Å². The van der Waals surface area contributed by atoms with Crippen LogP contribution in [0.4, 0.5) is 5.69 Å². The predicted molar refractivity (Wildman–Crippen MR) is 103 cm³/mol. The van der Waals surface area contributed by atoms with E-state index in [4.69, 9.17) is 0 Å². The number of anilines is 1. The standard InChI is InChI=1S/C14H21BrN4O.HI/c1-9(2)18-14(16-4)17-8-13(20)19-12-7-11(15)6-5-10(12)3;/h5-7,9H,8H2,1-4H3,(H,19,20)(H2,16,17,18);1H. The van der Waals surface area contributed by atoms with Crippen LogP contribution in [0.15, 0.2) is 27.7 Å². The van der Waals surface area contributed by atoms with Gasteiger partial charge >= 0.3 is 0 Å². The molecule has 0 saturated heterocycles. The lowest BCUT2D eigenvalue weighted by atomic mass is 10.2. The van der Waals surface area contributed by atoms with Gasteiger partial charge in [0.1, 0.15) is 0 Å². The van der Waals surface area contributed by atoms with Crippen LogP contribution in [0.25, 0.3) is 0 Å². The number of rotatable bonds is 4. The van der Waals surface area contributed by atoms with Crippen LogP contribution in [0.5, 0.6) is 0 Å². The maximum atomic E-state index is 11.9. The van der Waals surface area contributed by atoms with E-state index in [9.17, 15) is 4.79 Å². The van der Waals surface area contributed by atoms with Crippen LogP contribution in [0, 0.1) is 6.92 Å². The molecule has 7 heteroatoms. The first kappa shape index (κ1) is 20.2. The minimum atomic E-state index is -0.113. The quantitative estimate of drug-likeness (QED) is 0.361. The Bertz CT molecular complexity index is 506. The van der Waals surface area contributed by atoms with Crippen molar-refractivity contribution in [1.82, 2.24) is 10.6 Å². The molecule has 0 fully saturated rings. The molecule has 1 aromatic rings. The van der Waals surface area contributed by atoms with E-state index in [1.807, 2.05) is 39.0 Å². The second-order valence-electron chi connectivity index (χ2n) is 4.73. The monoisotopic (exact) mass is 468 g/mol. The summed E-state index contributed by atoms with van der Waals surface area (Å²) in [6.45, 7) is 6.14. The molecule has 1 amide bonds. The Kier molecular flexibility index (Phi) is 9.60. The Morgan fingerprint density at radius 1 is 1.38 bits per heavy atom. The van der Waals surface area contributed by atoms with Crippen LogP contribution in [-0.4, -0.2) is 31.5 Å². The van der Waals surface area contributed by atoms with Crippen molar-refractivity contribution in [3.8, 4) is 0 Å². The largest absolute Gasteiger partial charge is 0.354 e. The number of aryl methyl sites for hydroxylation is 1. The van der Waals surface area contributed by atoms with E-state index in [1.165, 1.54) is 0 Å². The third-order valence-corrected chi connectivity index (χ3v) is 3.03. The molecule has 0 aliphatic carbocycles. The first-order chi connectivity index (χ1) is 9.42. The highest BCUT2D eigenvalue weighted by atomic mass is 127. The summed E-state index contributed by atoms with van der Waals surface area (Å²) >= 11 is 3.39. The van der Waals surface area contributed by atoms with Crippen LogP contribution < -0.4 is 16.0 Å². The average molecular weight is 469 g/mol. The smallest absolute Gasteiger partial charge is 0.243 e. The van der Waals surface area contributed by atoms with Gasteiger partial charge in [0.25, 0.3) is 0 Å². The molecule has 0 saturated carbocycles. The molecule has 21 heavy (non-hydrogen) atoms. The summed E-state index contributed by atoms with van der Waals surface area (Å²) in [7, 11) is 1.67. The molecule has 0 heterocycles. The molecule has 1 aromatic carbocycles. The fraction of sp³-hybridized carbons (Fsp3) is 0.429. The van der Waals surface area contributed by atoms with Gasteiger partial charge in [0.15, 0.2) is 5.96 Å². The second kappa shape index (κ2) is 9.99.